The summed E-state index contributed by atoms with van der Waals surface area (Å²) in [6, 6.07) is 22.6. The highest BCUT2D eigenvalue weighted by molar-refractivity contribution is 7.93. The minimum atomic E-state index is -3.46. The Morgan fingerprint density at radius 1 is 0.750 bits per heavy atom. The fourth-order valence-corrected chi connectivity index (χ4v) is 5.69. The van der Waals surface area contributed by atoms with Crippen LogP contribution in [0.1, 0.15) is 46.8 Å². The van der Waals surface area contributed by atoms with E-state index in [0.29, 0.717) is 16.2 Å². The van der Waals surface area contributed by atoms with Crippen molar-refractivity contribution in [3.05, 3.63) is 95.1 Å². The molecule has 3 aromatic carbocycles. The zero-order chi connectivity index (χ0) is 20.1. The van der Waals surface area contributed by atoms with Crippen LogP contribution in [0.4, 0.5) is 0 Å². The number of rotatable bonds is 7. The summed E-state index contributed by atoms with van der Waals surface area (Å²) in [5.74, 6) is 0. The van der Waals surface area contributed by atoms with E-state index in [1.54, 1.807) is 12.1 Å². The van der Waals surface area contributed by atoms with Gasteiger partial charge in [-0.3, -0.25) is 4.79 Å². The summed E-state index contributed by atoms with van der Waals surface area (Å²) in [7, 11) is -3.46. The van der Waals surface area contributed by atoms with Gasteiger partial charge < -0.3 is 4.57 Å². The molecule has 0 radical (unpaired) electrons. The second-order valence-electron chi connectivity index (χ2n) is 7.39. The van der Waals surface area contributed by atoms with Gasteiger partial charge in [-0.1, -0.05) is 97.3 Å². The Morgan fingerprint density at radius 2 is 1.21 bits per heavy atom. The molecule has 0 heterocycles. The molecule has 0 amide bonds. The molecular formula is C25H27O2P. The SMILES string of the molecule is CCCCc1ccc(P(=O)(C(=O)c2ccc(C)cc2)c2ccc(C)cc2)cc1. The van der Waals surface area contributed by atoms with Crippen molar-refractivity contribution in [3.63, 3.8) is 0 Å². The number of hydrogen-bond donors (Lipinski definition) is 0. The fourth-order valence-electron chi connectivity index (χ4n) is 3.27. The lowest BCUT2D eigenvalue weighted by Gasteiger charge is -2.19. The second kappa shape index (κ2) is 8.71. The van der Waals surface area contributed by atoms with Crippen LogP contribution in [0.5, 0.6) is 0 Å². The first-order valence-corrected chi connectivity index (χ1v) is 11.5. The third-order valence-corrected chi connectivity index (χ3v) is 7.98. The predicted molar refractivity (Wildman–Crippen MR) is 119 cm³/mol. The maximum Gasteiger partial charge on any atom is 0.230 e. The summed E-state index contributed by atoms with van der Waals surface area (Å²) in [5, 5.41) is 1.19. The monoisotopic (exact) mass is 390 g/mol. The third-order valence-electron chi connectivity index (χ3n) is 5.10. The zero-order valence-electron chi connectivity index (χ0n) is 16.8. The van der Waals surface area contributed by atoms with E-state index in [9.17, 15) is 9.36 Å². The van der Waals surface area contributed by atoms with Crippen LogP contribution in [-0.4, -0.2) is 5.52 Å². The lowest BCUT2D eigenvalue weighted by Crippen LogP contribution is -2.23. The number of aryl methyl sites for hydroxylation is 3. The van der Waals surface area contributed by atoms with Crippen molar-refractivity contribution in [2.75, 3.05) is 0 Å². The molecule has 3 aromatic rings. The van der Waals surface area contributed by atoms with Gasteiger partial charge in [0.25, 0.3) is 0 Å². The molecule has 0 aliphatic rings. The van der Waals surface area contributed by atoms with Crippen molar-refractivity contribution in [2.45, 2.75) is 40.0 Å². The number of benzene rings is 3. The smallest absolute Gasteiger partial charge is 0.230 e. The van der Waals surface area contributed by atoms with E-state index in [1.807, 2.05) is 74.5 Å². The highest BCUT2D eigenvalue weighted by Gasteiger charge is 2.36. The summed E-state index contributed by atoms with van der Waals surface area (Å²) in [6.45, 7) is 6.13. The Morgan fingerprint density at radius 3 is 1.71 bits per heavy atom. The van der Waals surface area contributed by atoms with Crippen LogP contribution in [0, 0.1) is 13.8 Å². The summed E-state index contributed by atoms with van der Waals surface area (Å²) in [5.41, 5.74) is 3.54. The van der Waals surface area contributed by atoms with Gasteiger partial charge in [0.15, 0.2) is 0 Å². The molecule has 0 bridgehead atoms. The van der Waals surface area contributed by atoms with Crippen molar-refractivity contribution < 1.29 is 9.36 Å². The van der Waals surface area contributed by atoms with E-state index in [2.05, 4.69) is 6.92 Å². The predicted octanol–water partition coefficient (Wildman–Crippen LogP) is 5.80. The van der Waals surface area contributed by atoms with Gasteiger partial charge in [0.1, 0.15) is 0 Å². The molecule has 2 nitrogen and oxygen atoms in total. The molecule has 3 heteroatoms. The maximum absolute atomic E-state index is 14.3. The average molecular weight is 390 g/mol. The lowest BCUT2D eigenvalue weighted by molar-refractivity contribution is 0.107. The van der Waals surface area contributed by atoms with Crippen molar-refractivity contribution in [2.24, 2.45) is 0 Å². The largest absolute Gasteiger partial charge is 0.305 e. The van der Waals surface area contributed by atoms with E-state index in [1.165, 1.54) is 5.56 Å². The third kappa shape index (κ3) is 4.18. The molecule has 0 aromatic heterocycles. The van der Waals surface area contributed by atoms with Gasteiger partial charge >= 0.3 is 0 Å². The van der Waals surface area contributed by atoms with Crippen molar-refractivity contribution in [1.82, 2.24) is 0 Å². The highest BCUT2D eigenvalue weighted by atomic mass is 31.2. The molecule has 0 aliphatic carbocycles. The lowest BCUT2D eigenvalue weighted by atomic mass is 10.1. The standard InChI is InChI=1S/C25H27O2P/c1-4-5-6-21-11-17-24(18-12-21)28(27,23-15-9-20(3)10-16-23)25(26)22-13-7-19(2)8-14-22/h7-18H,4-6H2,1-3H3. The molecule has 1 unspecified atom stereocenters. The van der Waals surface area contributed by atoms with Crippen LogP contribution in [0.2, 0.25) is 0 Å². The van der Waals surface area contributed by atoms with Crippen LogP contribution >= 0.6 is 7.14 Å². The molecule has 0 saturated carbocycles. The molecule has 0 aliphatic heterocycles. The molecule has 1 atom stereocenters. The summed E-state index contributed by atoms with van der Waals surface area (Å²) < 4.78 is 14.3. The quantitative estimate of drug-likeness (QED) is 0.478. The summed E-state index contributed by atoms with van der Waals surface area (Å²) >= 11 is 0. The van der Waals surface area contributed by atoms with Gasteiger partial charge in [-0.25, -0.2) is 0 Å². The van der Waals surface area contributed by atoms with Gasteiger partial charge in [-0.05, 0) is 32.3 Å². The van der Waals surface area contributed by atoms with Crippen molar-refractivity contribution in [3.8, 4) is 0 Å². The first-order chi connectivity index (χ1) is 13.4. The summed E-state index contributed by atoms with van der Waals surface area (Å²) in [6.07, 6.45) is 3.25. The zero-order valence-corrected chi connectivity index (χ0v) is 17.7. The number of carbonyl (C=O) groups excluding carboxylic acids is 1. The van der Waals surface area contributed by atoms with Crippen molar-refractivity contribution in [1.29, 1.82) is 0 Å². The number of hydrogen-bond acceptors (Lipinski definition) is 2. The molecular weight excluding hydrogens is 363 g/mol. The van der Waals surface area contributed by atoms with Crippen LogP contribution < -0.4 is 10.6 Å². The van der Waals surface area contributed by atoms with Crippen LogP contribution in [-0.2, 0) is 11.0 Å². The van der Waals surface area contributed by atoms with E-state index in [4.69, 9.17) is 0 Å². The Hall–Kier alpha value is -2.44. The highest BCUT2D eigenvalue weighted by Crippen LogP contribution is 2.47. The maximum atomic E-state index is 14.3. The Kier molecular flexibility index (Phi) is 6.31. The van der Waals surface area contributed by atoms with Crippen LogP contribution in [0.3, 0.4) is 0 Å². The second-order valence-corrected chi connectivity index (χ2v) is 10.0. The topological polar surface area (TPSA) is 34.1 Å². The fraction of sp³-hybridized carbons (Fsp3) is 0.240. The van der Waals surface area contributed by atoms with E-state index < -0.39 is 7.14 Å². The first-order valence-electron chi connectivity index (χ1n) is 9.83. The molecule has 3 rings (SSSR count). The molecule has 0 N–H and O–H groups in total. The molecule has 144 valence electrons. The molecule has 28 heavy (non-hydrogen) atoms. The van der Waals surface area contributed by atoms with Crippen LogP contribution in [0.25, 0.3) is 0 Å². The number of unbranched alkanes of at least 4 members (excludes halogenated alkanes) is 1. The average Bonchev–Trinajstić information content (AvgIpc) is 2.72. The van der Waals surface area contributed by atoms with Gasteiger partial charge in [-0.15, -0.1) is 0 Å². The van der Waals surface area contributed by atoms with Gasteiger partial charge in [-0.2, -0.15) is 0 Å². The van der Waals surface area contributed by atoms with Gasteiger partial charge in [0.2, 0.25) is 12.7 Å². The van der Waals surface area contributed by atoms with E-state index in [0.717, 1.165) is 30.4 Å². The Balaban J connectivity index is 2.09. The van der Waals surface area contributed by atoms with Crippen molar-refractivity contribution >= 4 is 23.3 Å². The van der Waals surface area contributed by atoms with Gasteiger partial charge in [0, 0.05) is 16.2 Å². The molecule has 0 spiro atoms. The van der Waals surface area contributed by atoms with E-state index in [-0.39, 0.29) is 5.52 Å². The normalized spacial score (nSPS) is 13.1. The molecule has 0 fully saturated rings. The van der Waals surface area contributed by atoms with Gasteiger partial charge in [0.05, 0.1) is 0 Å². The first kappa shape index (κ1) is 20.3. The Bertz CT molecular complexity index is 984. The Labute approximate surface area is 168 Å². The minimum Gasteiger partial charge on any atom is -0.305 e. The minimum absolute atomic E-state index is 0.308. The number of carbonyl (C=O) groups is 1. The van der Waals surface area contributed by atoms with Crippen LogP contribution in [0.15, 0.2) is 72.8 Å². The summed E-state index contributed by atoms with van der Waals surface area (Å²) in [4.78, 5) is 13.5. The van der Waals surface area contributed by atoms with E-state index >= 15 is 0 Å². The molecule has 0 saturated heterocycles.